The molecule has 0 fully saturated rings. The topological polar surface area (TPSA) is 16.3 Å². The van der Waals surface area contributed by atoms with Crippen LogP contribution in [0, 0.1) is 0 Å². The van der Waals surface area contributed by atoms with Gasteiger partial charge in [0, 0.05) is 67.4 Å². The highest BCUT2D eigenvalue weighted by Gasteiger charge is 2.26. The van der Waals surface area contributed by atoms with E-state index in [2.05, 4.69) is 395 Å². The number of nitrogens with zero attached hydrogens (tertiary/aromatic N) is 4. The summed E-state index contributed by atoms with van der Waals surface area (Å²) >= 11 is 0. The number of hydrogen-bond acceptors (Lipinski definition) is 2. The van der Waals surface area contributed by atoms with Crippen LogP contribution < -0.4 is 9.80 Å². The third-order valence-corrected chi connectivity index (χ3v) is 17.7. The van der Waals surface area contributed by atoms with E-state index < -0.39 is 0 Å². The van der Waals surface area contributed by atoms with Crippen molar-refractivity contribution >= 4 is 55.9 Å². The van der Waals surface area contributed by atoms with Gasteiger partial charge < -0.3 is 18.9 Å². The fourth-order valence-electron chi connectivity index (χ4n) is 13.5. The average molecular weight is 1180 g/mol. The van der Waals surface area contributed by atoms with Crippen LogP contribution in [0.3, 0.4) is 0 Å². The Morgan fingerprint density at radius 1 is 0.174 bits per heavy atom. The van der Waals surface area contributed by atoms with Crippen LogP contribution in [-0.4, -0.2) is 9.13 Å². The summed E-state index contributed by atoms with van der Waals surface area (Å²) in [6.07, 6.45) is 0. The first kappa shape index (κ1) is 55.1. The molecule has 0 unspecified atom stereocenters. The predicted molar refractivity (Wildman–Crippen MR) is 388 cm³/mol. The number of benzene rings is 14. The summed E-state index contributed by atoms with van der Waals surface area (Å²) in [4.78, 5) is 4.70. The van der Waals surface area contributed by atoms with E-state index in [-0.39, 0.29) is 0 Å². The highest BCUT2D eigenvalue weighted by Crippen LogP contribution is 2.48. The van der Waals surface area contributed by atoms with E-state index in [0.29, 0.717) is 0 Å². The summed E-state index contributed by atoms with van der Waals surface area (Å²) in [7, 11) is 0. The van der Waals surface area contributed by atoms with Gasteiger partial charge in [0.05, 0.1) is 22.4 Å². The van der Waals surface area contributed by atoms with Crippen molar-refractivity contribution in [3.63, 3.8) is 0 Å². The summed E-state index contributed by atoms with van der Waals surface area (Å²) in [5, 5.41) is 2.34. The zero-order valence-electron chi connectivity index (χ0n) is 50.6. The first-order chi connectivity index (χ1) is 45.7. The van der Waals surface area contributed by atoms with E-state index >= 15 is 0 Å². The van der Waals surface area contributed by atoms with Crippen molar-refractivity contribution in [1.82, 2.24) is 9.13 Å². The van der Waals surface area contributed by atoms with E-state index in [1.165, 1.54) is 44.2 Å². The zero-order valence-corrected chi connectivity index (χ0v) is 50.6. The maximum absolute atomic E-state index is 2.47. The molecule has 16 aromatic rings. The molecule has 2 heterocycles. The molecule has 0 bridgehead atoms. The molecule has 0 N–H and O–H groups in total. The molecular formula is C88H62N4. The van der Waals surface area contributed by atoms with Gasteiger partial charge >= 0.3 is 0 Å². The lowest BCUT2D eigenvalue weighted by Crippen LogP contribution is -2.10. The number of aromatic nitrogens is 2. The Balaban J connectivity index is 0.852. The minimum atomic E-state index is 1.07. The summed E-state index contributed by atoms with van der Waals surface area (Å²) in [6.45, 7) is 0. The largest absolute Gasteiger partial charge is 0.310 e. The molecule has 0 atom stereocenters. The van der Waals surface area contributed by atoms with Gasteiger partial charge in [-0.2, -0.15) is 0 Å². The predicted octanol–water partition coefficient (Wildman–Crippen LogP) is 24.2. The van der Waals surface area contributed by atoms with Crippen molar-refractivity contribution in [1.29, 1.82) is 0 Å². The molecule has 434 valence electrons. The normalized spacial score (nSPS) is 11.3. The average Bonchev–Trinajstić information content (AvgIpc) is 1.60. The van der Waals surface area contributed by atoms with Crippen LogP contribution in [0.2, 0.25) is 0 Å². The van der Waals surface area contributed by atoms with Gasteiger partial charge in [-0.3, -0.25) is 0 Å². The molecule has 0 saturated heterocycles. The summed E-state index contributed by atoms with van der Waals surface area (Å²) in [5.41, 5.74) is 27.1. The monoisotopic (exact) mass is 1170 g/mol. The fourth-order valence-corrected chi connectivity index (χ4v) is 13.5. The molecule has 0 aliphatic rings. The Labute approximate surface area is 537 Å². The number of rotatable bonds is 15. The molecule has 2 aromatic heterocycles. The van der Waals surface area contributed by atoms with Crippen molar-refractivity contribution in [3.05, 3.63) is 376 Å². The van der Waals surface area contributed by atoms with Gasteiger partial charge in [0.2, 0.25) is 0 Å². The van der Waals surface area contributed by atoms with E-state index in [1.807, 2.05) is 0 Å². The van der Waals surface area contributed by atoms with Crippen LogP contribution in [0.25, 0.3) is 111 Å². The molecule has 0 aliphatic carbocycles. The van der Waals surface area contributed by atoms with Crippen LogP contribution in [0.5, 0.6) is 0 Å². The van der Waals surface area contributed by atoms with Crippen molar-refractivity contribution in [2.75, 3.05) is 9.80 Å². The Kier molecular flexibility index (Phi) is 14.6. The molecule has 92 heavy (non-hydrogen) atoms. The molecule has 16 rings (SSSR count). The Morgan fingerprint density at radius 2 is 0.435 bits per heavy atom. The molecule has 0 saturated carbocycles. The number of fused-ring (bicyclic) bond motifs is 2. The lowest BCUT2D eigenvalue weighted by Gasteiger charge is -2.26. The smallest absolute Gasteiger partial charge is 0.0619 e. The lowest BCUT2D eigenvalue weighted by molar-refractivity contribution is 1.13. The van der Waals surface area contributed by atoms with Crippen molar-refractivity contribution in [2.24, 2.45) is 0 Å². The van der Waals surface area contributed by atoms with Gasteiger partial charge in [0.1, 0.15) is 0 Å². The van der Waals surface area contributed by atoms with E-state index in [9.17, 15) is 0 Å². The van der Waals surface area contributed by atoms with Gasteiger partial charge in [-0.15, -0.1) is 0 Å². The van der Waals surface area contributed by atoms with E-state index in [0.717, 1.165) is 101 Å². The maximum atomic E-state index is 2.47. The minimum Gasteiger partial charge on any atom is -0.310 e. The maximum Gasteiger partial charge on any atom is 0.0619 e. The van der Waals surface area contributed by atoms with E-state index in [1.54, 1.807) is 0 Å². The van der Waals surface area contributed by atoms with Crippen LogP contribution in [0.4, 0.5) is 34.1 Å². The third-order valence-electron chi connectivity index (χ3n) is 17.7. The van der Waals surface area contributed by atoms with Crippen molar-refractivity contribution in [3.8, 4) is 89.5 Å². The van der Waals surface area contributed by atoms with Gasteiger partial charge in [-0.25, -0.2) is 0 Å². The van der Waals surface area contributed by atoms with E-state index in [4.69, 9.17) is 0 Å². The van der Waals surface area contributed by atoms with Crippen molar-refractivity contribution in [2.45, 2.75) is 0 Å². The van der Waals surface area contributed by atoms with Crippen molar-refractivity contribution < 1.29 is 0 Å². The van der Waals surface area contributed by atoms with Gasteiger partial charge in [-0.05, 0) is 177 Å². The summed E-state index contributed by atoms with van der Waals surface area (Å²) < 4.78 is 4.94. The number of para-hydroxylation sites is 2. The fraction of sp³-hybridized carbons (Fsp3) is 0. The van der Waals surface area contributed by atoms with Gasteiger partial charge in [0.15, 0.2) is 0 Å². The Hall–Kier alpha value is -12.2. The summed E-state index contributed by atoms with van der Waals surface area (Å²) in [6, 6.07) is 136. The SMILES string of the molecule is c1ccc(-c2cccc(N(c3ccccc3)c3ccc(-n4c(-c5ccccc5)c(-c5ccccc5)c5cc(-c6ccc7c(c6)c(-c6ccccc6)c(-c6ccccc6)n7-c6ccc(N(c7ccccc7)c7cccc(-c8ccccc8)c7)cc6)ccc54)cc3)c2)cc1. The Bertz CT molecular complexity index is 4870. The molecule has 0 spiro atoms. The van der Waals surface area contributed by atoms with Crippen LogP contribution in [0.15, 0.2) is 376 Å². The number of hydrogen-bond donors (Lipinski definition) is 0. The second-order valence-corrected chi connectivity index (χ2v) is 23.3. The molecule has 4 heteroatoms. The molecule has 0 aliphatic heterocycles. The lowest BCUT2D eigenvalue weighted by atomic mass is 9.94. The summed E-state index contributed by atoms with van der Waals surface area (Å²) in [5.74, 6) is 0. The second-order valence-electron chi connectivity index (χ2n) is 23.3. The number of anilines is 6. The first-order valence-electron chi connectivity index (χ1n) is 31.5. The highest BCUT2D eigenvalue weighted by atomic mass is 15.1. The van der Waals surface area contributed by atoms with Gasteiger partial charge in [0.25, 0.3) is 0 Å². The standard InChI is InChI=1S/C88H62N4/c1-9-27-63(28-10-1)69-39-25-45-79(59-69)89(73-41-21-7-22-42-73)75-49-53-77(54-50-75)91-83-57-47-71(61-81(83)85(65-31-13-3-14-32-65)87(91)67-35-17-5-18-36-67)72-48-58-84-82(62-72)86(66-33-15-4-16-34-66)88(68-37-19-6-20-38-68)92(84)78-55-51-76(52-56-78)90(74-43-23-8-24-44-74)80-46-26-40-70(60-80)64-29-11-2-12-30-64/h1-62H. The first-order valence-corrected chi connectivity index (χ1v) is 31.5. The molecule has 4 nitrogen and oxygen atoms in total. The van der Waals surface area contributed by atoms with Crippen LogP contribution in [0.1, 0.15) is 0 Å². The highest BCUT2D eigenvalue weighted by molar-refractivity contribution is 6.10. The quantitative estimate of drug-likeness (QED) is 0.102. The molecule has 0 radical (unpaired) electrons. The second kappa shape index (κ2) is 24.4. The zero-order chi connectivity index (χ0) is 61.2. The Morgan fingerprint density at radius 3 is 0.772 bits per heavy atom. The molecule has 14 aromatic carbocycles. The molecular weight excluding hydrogens is 1110 g/mol. The third kappa shape index (κ3) is 10.4. The molecule has 0 amide bonds. The van der Waals surface area contributed by atoms with Crippen LogP contribution >= 0.6 is 0 Å². The van der Waals surface area contributed by atoms with Crippen LogP contribution in [-0.2, 0) is 0 Å². The minimum absolute atomic E-state index is 1.07. The van der Waals surface area contributed by atoms with Gasteiger partial charge in [-0.1, -0.05) is 255 Å².